The number of carbonyl (C=O) groups excluding carboxylic acids is 5. The predicted octanol–water partition coefficient (Wildman–Crippen LogP) is 7.10. The molecule has 2 aromatic heterocycles. The van der Waals surface area contributed by atoms with Crippen molar-refractivity contribution in [2.24, 2.45) is 0 Å². The van der Waals surface area contributed by atoms with E-state index in [0.717, 1.165) is 37.0 Å². The van der Waals surface area contributed by atoms with Gasteiger partial charge in [0.1, 0.15) is 11.1 Å². The number of anilines is 1. The Bertz CT molecular complexity index is 2330. The Labute approximate surface area is 328 Å². The van der Waals surface area contributed by atoms with Crippen LogP contribution in [0.1, 0.15) is 78.7 Å². The number of fused-ring (bicyclic) bond motifs is 2. The van der Waals surface area contributed by atoms with E-state index in [9.17, 15) is 28.8 Å². The molecule has 2 atom stereocenters. The number of pyridine rings is 1. The van der Waals surface area contributed by atoms with E-state index in [2.05, 4.69) is 22.5 Å². The van der Waals surface area contributed by atoms with Crippen molar-refractivity contribution in [1.29, 1.82) is 0 Å². The zero-order valence-electron chi connectivity index (χ0n) is 31.1. The SMILES string of the molecule is CCCCCCCCNC(=O)c1ccc(NC(=O)C(C(=O)c2cc3nc4ccccc4cc3oc2=O)N2C(=O)C(OCC)N(Cc3ccccc3)C2=O)c(Cl)c1. The highest BCUT2D eigenvalue weighted by Gasteiger charge is 2.53. The summed E-state index contributed by atoms with van der Waals surface area (Å²) in [5, 5.41) is 6.04. The second-order valence-corrected chi connectivity index (χ2v) is 13.8. The van der Waals surface area contributed by atoms with Gasteiger partial charge in [-0.05, 0) is 55.3 Å². The topological polar surface area (TPSA) is 168 Å². The minimum atomic E-state index is -2.21. The number of nitrogens with zero attached hydrogens (tertiary/aromatic N) is 3. The highest BCUT2D eigenvalue weighted by molar-refractivity contribution is 6.34. The third-order valence-electron chi connectivity index (χ3n) is 9.45. The fourth-order valence-corrected chi connectivity index (χ4v) is 6.79. The molecule has 5 aromatic rings. The summed E-state index contributed by atoms with van der Waals surface area (Å²) in [4.78, 5) is 89.5. The molecule has 2 N–H and O–H groups in total. The Kier molecular flexibility index (Phi) is 12.9. The maximum Gasteiger partial charge on any atom is 0.347 e. The standard InChI is InChI=1S/C42H42ClN5O8/c1-3-5-6-7-8-14-21-44-37(50)28-19-20-32(30(43)22-28)46-38(51)35(48-39(52)40(55-4-2)47(42(48)54)25-26-15-10-9-11-16-26)36(49)29-24-33-34(56-41(29)53)23-27-17-12-13-18-31(27)45-33/h9-13,15-20,22-24,35,40H,3-8,14,21,25H2,1-2H3,(H,44,50)(H,46,51). The van der Waals surface area contributed by atoms with Crippen LogP contribution in [0.5, 0.6) is 0 Å². The lowest BCUT2D eigenvalue weighted by molar-refractivity contribution is -0.144. The first kappa shape index (κ1) is 39.8. The van der Waals surface area contributed by atoms with Gasteiger partial charge in [-0.15, -0.1) is 0 Å². The summed E-state index contributed by atoms with van der Waals surface area (Å²) in [5.74, 6) is -3.70. The maximum absolute atomic E-state index is 14.5. The first-order valence-corrected chi connectivity index (χ1v) is 19.0. The lowest BCUT2D eigenvalue weighted by Crippen LogP contribution is -2.53. The first-order valence-electron chi connectivity index (χ1n) is 18.7. The van der Waals surface area contributed by atoms with Crippen molar-refractivity contribution in [2.45, 2.75) is 71.2 Å². The van der Waals surface area contributed by atoms with Crippen LogP contribution < -0.4 is 16.3 Å². The van der Waals surface area contributed by atoms with Crippen LogP contribution >= 0.6 is 11.6 Å². The molecule has 0 aliphatic carbocycles. The van der Waals surface area contributed by atoms with E-state index in [4.69, 9.17) is 20.8 Å². The van der Waals surface area contributed by atoms with Crippen LogP contribution in [0.2, 0.25) is 5.02 Å². The van der Waals surface area contributed by atoms with E-state index < -0.39 is 47.1 Å². The number of hydrogen-bond donors (Lipinski definition) is 2. The molecule has 1 fully saturated rings. The minimum absolute atomic E-state index is 0.0118. The van der Waals surface area contributed by atoms with E-state index in [1.165, 1.54) is 30.7 Å². The molecule has 290 valence electrons. The Morgan fingerprint density at radius 1 is 0.875 bits per heavy atom. The maximum atomic E-state index is 14.5. The second-order valence-electron chi connectivity index (χ2n) is 13.4. The number of carbonyl (C=O) groups is 5. The van der Waals surface area contributed by atoms with Crippen molar-refractivity contribution in [2.75, 3.05) is 18.5 Å². The van der Waals surface area contributed by atoms with Gasteiger partial charge in [-0.2, -0.15) is 0 Å². The van der Waals surface area contributed by atoms with Crippen LogP contribution in [-0.4, -0.2) is 69.7 Å². The zero-order chi connectivity index (χ0) is 39.8. The van der Waals surface area contributed by atoms with Crippen LogP contribution in [0.25, 0.3) is 22.0 Å². The summed E-state index contributed by atoms with van der Waals surface area (Å²) in [5.41, 5.74) is -0.0550. The molecule has 1 aliphatic rings. The summed E-state index contributed by atoms with van der Waals surface area (Å²) >= 11 is 6.56. The number of ether oxygens (including phenoxy) is 1. The molecule has 5 amide bonds. The van der Waals surface area contributed by atoms with Crippen molar-refractivity contribution >= 4 is 68.8 Å². The van der Waals surface area contributed by atoms with Gasteiger partial charge in [0.25, 0.3) is 17.7 Å². The third-order valence-corrected chi connectivity index (χ3v) is 9.76. The number of halogens is 1. The van der Waals surface area contributed by atoms with Crippen LogP contribution in [0.15, 0.2) is 94.1 Å². The number of rotatable bonds is 17. The van der Waals surface area contributed by atoms with Gasteiger partial charge in [0.15, 0.2) is 11.6 Å². The zero-order valence-corrected chi connectivity index (χ0v) is 31.8. The molecule has 0 bridgehead atoms. The molecule has 0 radical (unpaired) electrons. The number of nitrogens with one attached hydrogen (secondary N) is 2. The van der Waals surface area contributed by atoms with Crippen LogP contribution in [-0.2, 0) is 20.9 Å². The molecule has 1 saturated heterocycles. The number of aromatic nitrogens is 1. The van der Waals surface area contributed by atoms with E-state index in [-0.39, 0.29) is 46.4 Å². The van der Waals surface area contributed by atoms with Crippen LogP contribution in [0.3, 0.4) is 0 Å². The van der Waals surface area contributed by atoms with Crippen molar-refractivity contribution in [3.05, 3.63) is 117 Å². The predicted molar refractivity (Wildman–Crippen MR) is 211 cm³/mol. The summed E-state index contributed by atoms with van der Waals surface area (Å²) in [6.07, 6.45) is 4.94. The third kappa shape index (κ3) is 8.79. The number of ketones is 1. The molecule has 3 heterocycles. The molecule has 0 saturated carbocycles. The number of hydrogen-bond acceptors (Lipinski definition) is 9. The number of urea groups is 1. The van der Waals surface area contributed by atoms with Gasteiger partial charge in [-0.3, -0.25) is 24.1 Å². The number of amides is 5. The van der Waals surface area contributed by atoms with Gasteiger partial charge in [0.05, 0.1) is 22.8 Å². The van der Waals surface area contributed by atoms with E-state index >= 15 is 0 Å². The molecule has 13 nitrogen and oxygen atoms in total. The second kappa shape index (κ2) is 18.1. The molecule has 0 spiro atoms. The molecule has 3 aromatic carbocycles. The molecule has 56 heavy (non-hydrogen) atoms. The number of para-hydroxylation sites is 1. The Morgan fingerprint density at radius 2 is 1.61 bits per heavy atom. The van der Waals surface area contributed by atoms with Gasteiger partial charge in [0, 0.05) is 24.1 Å². The van der Waals surface area contributed by atoms with E-state index in [1.54, 1.807) is 67.6 Å². The molecule has 2 unspecified atom stereocenters. The number of unbranched alkanes of at least 4 members (excludes halogenated alkanes) is 5. The normalized spacial score (nSPS) is 14.7. The van der Waals surface area contributed by atoms with E-state index in [0.29, 0.717) is 27.9 Å². The van der Waals surface area contributed by atoms with Crippen molar-refractivity contribution in [3.8, 4) is 0 Å². The Morgan fingerprint density at radius 3 is 2.36 bits per heavy atom. The molecular formula is C42H42ClN5O8. The minimum Gasteiger partial charge on any atom is -0.420 e. The van der Waals surface area contributed by atoms with Crippen LogP contribution in [0, 0.1) is 0 Å². The average molecular weight is 780 g/mol. The van der Waals surface area contributed by atoms with Gasteiger partial charge in [-0.1, -0.05) is 99.2 Å². The van der Waals surface area contributed by atoms with Gasteiger partial charge >= 0.3 is 11.7 Å². The monoisotopic (exact) mass is 779 g/mol. The van der Waals surface area contributed by atoms with Crippen molar-refractivity contribution in [3.63, 3.8) is 0 Å². The number of Topliss-reactive ketones (excluding diaryl/α,β-unsaturated/α-hetero) is 1. The molecule has 6 rings (SSSR count). The Hall–Kier alpha value is -5.92. The largest absolute Gasteiger partial charge is 0.420 e. The van der Waals surface area contributed by atoms with Gasteiger partial charge in [0.2, 0.25) is 12.0 Å². The molecule has 14 heteroatoms. The van der Waals surface area contributed by atoms with Gasteiger partial charge < -0.3 is 19.8 Å². The molecular weight excluding hydrogens is 738 g/mol. The fourth-order valence-electron chi connectivity index (χ4n) is 6.56. The quantitative estimate of drug-likeness (QED) is 0.0329. The van der Waals surface area contributed by atoms with Gasteiger partial charge in [-0.25, -0.2) is 19.5 Å². The average Bonchev–Trinajstić information content (AvgIpc) is 3.41. The first-order chi connectivity index (χ1) is 27.1. The fraction of sp³-hybridized carbons (Fsp3) is 0.310. The Balaban J connectivity index is 1.31. The number of imide groups is 1. The van der Waals surface area contributed by atoms with Crippen molar-refractivity contribution in [1.82, 2.24) is 20.1 Å². The lowest BCUT2D eigenvalue weighted by Gasteiger charge is -2.24. The summed E-state index contributed by atoms with van der Waals surface area (Å²) in [6.45, 7) is 4.21. The van der Waals surface area contributed by atoms with Crippen molar-refractivity contribution < 1.29 is 33.1 Å². The smallest absolute Gasteiger partial charge is 0.347 e. The summed E-state index contributed by atoms with van der Waals surface area (Å²) < 4.78 is 11.2. The lowest BCUT2D eigenvalue weighted by atomic mass is 10.0. The summed E-state index contributed by atoms with van der Waals surface area (Å²) in [7, 11) is 0. The highest BCUT2D eigenvalue weighted by atomic mass is 35.5. The number of benzene rings is 3. The van der Waals surface area contributed by atoms with Crippen LogP contribution in [0.4, 0.5) is 10.5 Å². The highest BCUT2D eigenvalue weighted by Crippen LogP contribution is 2.29. The van der Waals surface area contributed by atoms with E-state index in [1.807, 2.05) is 0 Å². The summed E-state index contributed by atoms with van der Waals surface area (Å²) in [6, 6.07) is 19.6. The molecule has 1 aliphatic heterocycles.